The molecule has 0 fully saturated rings. The zero-order valence-corrected chi connectivity index (χ0v) is 15.1. The summed E-state index contributed by atoms with van der Waals surface area (Å²) in [6.45, 7) is 1.82. The molecule has 0 saturated carbocycles. The highest BCUT2D eigenvalue weighted by Crippen LogP contribution is 2.26. The Bertz CT molecular complexity index is 1190. The number of nitrogens with one attached hydrogen (secondary N) is 3. The maximum atomic E-state index is 12.8. The monoisotopic (exact) mass is 357 g/mol. The molecule has 4 rings (SSSR count). The Morgan fingerprint density at radius 1 is 0.889 bits per heavy atom. The van der Waals surface area contributed by atoms with Crippen LogP contribution in [0, 0.1) is 6.92 Å². The molecule has 0 spiro atoms. The summed E-state index contributed by atoms with van der Waals surface area (Å²) < 4.78 is 0. The fourth-order valence-corrected chi connectivity index (χ4v) is 3.35. The first-order valence-electron chi connectivity index (χ1n) is 8.72. The van der Waals surface area contributed by atoms with Crippen LogP contribution in [0.1, 0.15) is 26.4 Å². The van der Waals surface area contributed by atoms with Crippen LogP contribution in [0.25, 0.3) is 21.7 Å². The van der Waals surface area contributed by atoms with E-state index in [-0.39, 0.29) is 11.8 Å². The summed E-state index contributed by atoms with van der Waals surface area (Å²) in [5.41, 5.74) is 3.27. The minimum Gasteiger partial charge on any atom is -0.355 e. The normalized spacial score (nSPS) is 10.9. The van der Waals surface area contributed by atoms with Gasteiger partial charge in [-0.05, 0) is 47.5 Å². The minimum atomic E-state index is -0.243. The summed E-state index contributed by atoms with van der Waals surface area (Å²) in [6, 6.07) is 19.2. The topological polar surface area (TPSA) is 74.0 Å². The predicted molar refractivity (Wildman–Crippen MR) is 108 cm³/mol. The third kappa shape index (κ3) is 2.93. The highest BCUT2D eigenvalue weighted by Gasteiger charge is 2.15. The summed E-state index contributed by atoms with van der Waals surface area (Å²) in [5, 5.41) is 8.75. The van der Waals surface area contributed by atoms with Crippen molar-refractivity contribution in [1.29, 1.82) is 0 Å². The number of amides is 2. The van der Waals surface area contributed by atoms with Crippen LogP contribution in [0.5, 0.6) is 0 Å². The molecule has 0 unspecified atom stereocenters. The van der Waals surface area contributed by atoms with Gasteiger partial charge in [0.1, 0.15) is 5.69 Å². The van der Waals surface area contributed by atoms with Gasteiger partial charge < -0.3 is 15.6 Å². The first-order chi connectivity index (χ1) is 13.1. The van der Waals surface area contributed by atoms with Crippen molar-refractivity contribution in [3.05, 3.63) is 77.5 Å². The van der Waals surface area contributed by atoms with E-state index in [1.165, 1.54) is 0 Å². The van der Waals surface area contributed by atoms with Crippen LogP contribution in [0.2, 0.25) is 0 Å². The van der Waals surface area contributed by atoms with E-state index in [9.17, 15) is 9.59 Å². The summed E-state index contributed by atoms with van der Waals surface area (Å²) in [7, 11) is 1.59. The van der Waals surface area contributed by atoms with Gasteiger partial charge in [0.25, 0.3) is 11.8 Å². The number of fused-ring (bicyclic) bond motifs is 3. The maximum Gasteiger partial charge on any atom is 0.272 e. The lowest BCUT2D eigenvalue weighted by Gasteiger charge is -2.11. The van der Waals surface area contributed by atoms with E-state index in [4.69, 9.17) is 0 Å². The second kappa shape index (κ2) is 6.61. The molecule has 3 N–H and O–H groups in total. The first-order valence-corrected chi connectivity index (χ1v) is 8.72. The third-order valence-corrected chi connectivity index (χ3v) is 4.83. The zero-order chi connectivity index (χ0) is 19.0. The smallest absolute Gasteiger partial charge is 0.272 e. The molecular weight excluding hydrogens is 338 g/mol. The fourth-order valence-electron chi connectivity index (χ4n) is 3.35. The van der Waals surface area contributed by atoms with E-state index in [0.717, 1.165) is 27.2 Å². The van der Waals surface area contributed by atoms with Gasteiger partial charge in [-0.2, -0.15) is 0 Å². The molecule has 134 valence electrons. The van der Waals surface area contributed by atoms with Crippen molar-refractivity contribution >= 4 is 39.2 Å². The number of carbonyl (C=O) groups excluding carboxylic acids is 2. The average Bonchev–Trinajstić information content (AvgIpc) is 3.14. The molecule has 0 atom stereocenters. The third-order valence-electron chi connectivity index (χ3n) is 4.83. The molecule has 3 aromatic carbocycles. The second-order valence-corrected chi connectivity index (χ2v) is 6.44. The highest BCUT2D eigenvalue weighted by molar-refractivity contribution is 6.12. The van der Waals surface area contributed by atoms with Crippen LogP contribution in [-0.2, 0) is 0 Å². The number of aromatic nitrogens is 1. The molecule has 5 heteroatoms. The number of benzene rings is 3. The molecule has 0 bridgehead atoms. The quantitative estimate of drug-likeness (QED) is 0.513. The lowest BCUT2D eigenvalue weighted by atomic mass is 10.1. The van der Waals surface area contributed by atoms with E-state index in [1.807, 2.05) is 43.3 Å². The SMILES string of the molecule is CNC(=O)c1cccc(NC(=O)c2cc3c(ccc4ccccc43)[nH]2)c1C. The Morgan fingerprint density at radius 2 is 1.70 bits per heavy atom. The van der Waals surface area contributed by atoms with E-state index >= 15 is 0 Å². The number of hydrogen-bond donors (Lipinski definition) is 3. The van der Waals surface area contributed by atoms with E-state index in [0.29, 0.717) is 16.9 Å². The number of rotatable bonds is 3. The van der Waals surface area contributed by atoms with Crippen molar-refractivity contribution in [3.8, 4) is 0 Å². The van der Waals surface area contributed by atoms with E-state index in [2.05, 4.69) is 21.7 Å². The molecule has 1 heterocycles. The number of anilines is 1. The van der Waals surface area contributed by atoms with Crippen molar-refractivity contribution in [2.24, 2.45) is 0 Å². The minimum absolute atomic E-state index is 0.180. The van der Waals surface area contributed by atoms with Crippen molar-refractivity contribution < 1.29 is 9.59 Å². The fraction of sp³-hybridized carbons (Fsp3) is 0.0909. The summed E-state index contributed by atoms with van der Waals surface area (Å²) in [4.78, 5) is 27.9. The van der Waals surface area contributed by atoms with E-state index < -0.39 is 0 Å². The van der Waals surface area contributed by atoms with Crippen molar-refractivity contribution in [2.45, 2.75) is 6.92 Å². The number of aromatic amines is 1. The van der Waals surface area contributed by atoms with Gasteiger partial charge in [0, 0.05) is 29.2 Å². The summed E-state index contributed by atoms with van der Waals surface area (Å²) in [5.74, 6) is -0.423. The van der Waals surface area contributed by atoms with E-state index in [1.54, 1.807) is 25.2 Å². The molecule has 0 radical (unpaired) electrons. The lowest BCUT2D eigenvalue weighted by molar-refractivity contribution is 0.0960. The summed E-state index contributed by atoms with van der Waals surface area (Å²) in [6.07, 6.45) is 0. The molecule has 1 aromatic heterocycles. The van der Waals surface area contributed by atoms with Gasteiger partial charge in [-0.3, -0.25) is 9.59 Å². The molecule has 4 aromatic rings. The molecule has 27 heavy (non-hydrogen) atoms. The Labute approximate surface area is 156 Å². The van der Waals surface area contributed by atoms with Gasteiger partial charge in [-0.1, -0.05) is 36.4 Å². The van der Waals surface area contributed by atoms with Crippen molar-refractivity contribution in [3.63, 3.8) is 0 Å². The largest absolute Gasteiger partial charge is 0.355 e. The van der Waals surface area contributed by atoms with Crippen molar-refractivity contribution in [1.82, 2.24) is 10.3 Å². The molecule has 5 nitrogen and oxygen atoms in total. The van der Waals surface area contributed by atoms with Crippen molar-refractivity contribution in [2.75, 3.05) is 12.4 Å². The maximum absolute atomic E-state index is 12.8. The molecule has 0 aliphatic rings. The molecular formula is C22H19N3O2. The van der Waals surface area contributed by atoms with Crippen LogP contribution in [0.4, 0.5) is 5.69 Å². The Morgan fingerprint density at radius 3 is 2.52 bits per heavy atom. The first kappa shape index (κ1) is 16.8. The Kier molecular flexibility index (Phi) is 4.12. The Hall–Kier alpha value is -3.60. The van der Waals surface area contributed by atoms with Crippen LogP contribution < -0.4 is 10.6 Å². The van der Waals surface area contributed by atoms with Gasteiger partial charge in [-0.15, -0.1) is 0 Å². The number of hydrogen-bond acceptors (Lipinski definition) is 2. The lowest BCUT2D eigenvalue weighted by Crippen LogP contribution is -2.20. The standard InChI is InChI=1S/C22H19N3O2/c1-13-15(21(26)23-2)8-5-9-18(13)25-22(27)20-12-17-16-7-4-3-6-14(16)10-11-19(17)24-20/h3-12,24H,1-2H3,(H,23,26)(H,25,27). The molecule has 0 saturated heterocycles. The highest BCUT2D eigenvalue weighted by atomic mass is 16.2. The number of H-pyrrole nitrogens is 1. The average molecular weight is 357 g/mol. The van der Waals surface area contributed by atoms with Gasteiger partial charge in [0.15, 0.2) is 0 Å². The van der Waals surface area contributed by atoms with Gasteiger partial charge in [0.2, 0.25) is 0 Å². The second-order valence-electron chi connectivity index (χ2n) is 6.44. The zero-order valence-electron chi connectivity index (χ0n) is 15.1. The summed E-state index contributed by atoms with van der Waals surface area (Å²) >= 11 is 0. The van der Waals surface area contributed by atoms with Crippen LogP contribution in [0.15, 0.2) is 60.7 Å². The van der Waals surface area contributed by atoms with Gasteiger partial charge >= 0.3 is 0 Å². The molecule has 0 aliphatic carbocycles. The predicted octanol–water partition coefficient (Wildman–Crippen LogP) is 4.24. The Balaban J connectivity index is 1.70. The van der Waals surface area contributed by atoms with Crippen LogP contribution >= 0.6 is 0 Å². The van der Waals surface area contributed by atoms with Gasteiger partial charge in [-0.25, -0.2) is 0 Å². The molecule has 2 amide bonds. The van der Waals surface area contributed by atoms with Crippen LogP contribution in [-0.4, -0.2) is 23.8 Å². The number of carbonyl (C=O) groups is 2. The van der Waals surface area contributed by atoms with Gasteiger partial charge in [0.05, 0.1) is 0 Å². The van der Waals surface area contributed by atoms with Crippen LogP contribution in [0.3, 0.4) is 0 Å². The molecule has 0 aliphatic heterocycles.